The predicted octanol–water partition coefficient (Wildman–Crippen LogP) is 8.73. The van der Waals surface area contributed by atoms with Crippen LogP contribution in [-0.4, -0.2) is 15.0 Å². The zero-order chi connectivity index (χ0) is 27.9. The summed E-state index contributed by atoms with van der Waals surface area (Å²) in [6.07, 6.45) is 1.79. The van der Waals surface area contributed by atoms with Gasteiger partial charge in [-0.1, -0.05) is 24.3 Å². The third kappa shape index (κ3) is 4.91. The Morgan fingerprint density at radius 1 is 0.816 bits per heavy atom. The van der Waals surface area contributed by atoms with Crippen molar-refractivity contribution in [1.82, 2.24) is 15.0 Å². The summed E-state index contributed by atoms with van der Waals surface area (Å²) < 4.78 is 28.7. The van der Waals surface area contributed by atoms with E-state index in [9.17, 15) is 0 Å². The van der Waals surface area contributed by atoms with Crippen molar-refractivity contribution in [3.8, 4) is 22.5 Å². The maximum Gasteiger partial charge on any atom is 0.227 e. The molecule has 0 saturated carbocycles. The standard InChI is InChI=1S/C21H16N2OS.C11H8N.Ir/c1-11-7-8-16-15-5-4-6-17(19(15)24-20(16)22-11)18-10-9-14-12(2)13(3)25-21(14)23-18;1-2-6-10(7-3-1)11-8-4-5-9-12-11;/h4-10H,1-3H3;1-6,8-9H;/q;-1;/i1D3;;. The third-order valence-corrected chi connectivity index (χ3v) is 7.45. The second kappa shape index (κ2) is 11.0. The van der Waals surface area contributed by atoms with Gasteiger partial charge in [0.2, 0.25) is 5.71 Å². The molecule has 0 bridgehead atoms. The van der Waals surface area contributed by atoms with Crippen LogP contribution < -0.4 is 0 Å². The van der Waals surface area contributed by atoms with Crippen LogP contribution in [0.15, 0.2) is 95.5 Å². The summed E-state index contributed by atoms with van der Waals surface area (Å²) in [4.78, 5) is 15.6. The van der Waals surface area contributed by atoms with Gasteiger partial charge in [0, 0.05) is 62.7 Å². The Hall–Kier alpha value is -3.70. The van der Waals surface area contributed by atoms with Gasteiger partial charge in [0.15, 0.2) is 0 Å². The van der Waals surface area contributed by atoms with E-state index in [0.717, 1.165) is 38.1 Å². The summed E-state index contributed by atoms with van der Waals surface area (Å²) in [6.45, 7) is 1.96. The molecule has 0 saturated heterocycles. The molecule has 0 spiro atoms. The first kappa shape index (κ1) is 22.3. The number of nitrogens with zero attached hydrogens (tertiary/aromatic N) is 3. The molecule has 1 radical (unpaired) electrons. The number of para-hydroxylation sites is 1. The van der Waals surface area contributed by atoms with E-state index in [1.54, 1.807) is 29.7 Å². The number of aromatic nitrogens is 3. The minimum atomic E-state index is -2.27. The zero-order valence-electron chi connectivity index (χ0n) is 23.7. The zero-order valence-corrected chi connectivity index (χ0v) is 23.9. The fourth-order valence-electron chi connectivity index (χ4n) is 4.32. The molecule has 0 aliphatic carbocycles. The number of rotatable bonds is 2. The van der Waals surface area contributed by atoms with Gasteiger partial charge in [0.1, 0.15) is 10.4 Å². The van der Waals surface area contributed by atoms with Crippen molar-refractivity contribution in [2.75, 3.05) is 0 Å². The molecule has 189 valence electrons. The Morgan fingerprint density at radius 2 is 1.68 bits per heavy atom. The maximum absolute atomic E-state index is 7.58. The Labute approximate surface area is 243 Å². The van der Waals surface area contributed by atoms with E-state index in [4.69, 9.17) is 13.5 Å². The summed E-state index contributed by atoms with van der Waals surface area (Å²) >= 11 is 1.69. The topological polar surface area (TPSA) is 51.8 Å². The van der Waals surface area contributed by atoms with E-state index in [-0.39, 0.29) is 25.8 Å². The number of aryl methyl sites for hydroxylation is 3. The molecule has 0 atom stereocenters. The van der Waals surface area contributed by atoms with Gasteiger partial charge in [-0.25, -0.2) is 9.97 Å². The van der Waals surface area contributed by atoms with Gasteiger partial charge in [-0.15, -0.1) is 47.2 Å². The number of pyridine rings is 3. The van der Waals surface area contributed by atoms with Crippen LogP contribution in [0.25, 0.3) is 54.8 Å². The van der Waals surface area contributed by atoms with Crippen molar-refractivity contribution in [2.24, 2.45) is 0 Å². The Morgan fingerprint density at radius 3 is 2.47 bits per heavy atom. The molecule has 7 rings (SSSR count). The fraction of sp³-hybridized carbons (Fsp3) is 0.0938. The van der Waals surface area contributed by atoms with Crippen molar-refractivity contribution < 1.29 is 28.6 Å². The van der Waals surface area contributed by atoms with E-state index < -0.39 is 6.85 Å². The number of fused-ring (bicyclic) bond motifs is 4. The third-order valence-electron chi connectivity index (χ3n) is 6.33. The molecule has 0 unspecified atom stereocenters. The van der Waals surface area contributed by atoms with Crippen molar-refractivity contribution in [2.45, 2.75) is 20.7 Å². The van der Waals surface area contributed by atoms with E-state index in [2.05, 4.69) is 35.9 Å². The van der Waals surface area contributed by atoms with Gasteiger partial charge >= 0.3 is 0 Å². The number of hydrogen-bond donors (Lipinski definition) is 0. The number of benzene rings is 2. The van der Waals surface area contributed by atoms with Crippen molar-refractivity contribution in [3.05, 3.63) is 113 Å². The molecule has 0 N–H and O–H groups in total. The minimum Gasteiger partial charge on any atom is -0.437 e. The van der Waals surface area contributed by atoms with Crippen LogP contribution in [-0.2, 0) is 20.1 Å². The smallest absolute Gasteiger partial charge is 0.227 e. The SMILES string of the molecule is [2H]C([2H])([2H])c1ccc2c(n1)oc1c(-c3ccc4c(C)c(C)sc4n3)cccc12.[Ir].[c-]1ccccc1-c1ccccn1. The number of hydrogen-bond acceptors (Lipinski definition) is 5. The monoisotopic (exact) mass is 694 g/mol. The molecule has 38 heavy (non-hydrogen) atoms. The van der Waals surface area contributed by atoms with Crippen molar-refractivity contribution in [1.29, 1.82) is 0 Å². The largest absolute Gasteiger partial charge is 0.437 e. The minimum absolute atomic E-state index is 0. The van der Waals surface area contributed by atoms with Crippen LogP contribution in [0.5, 0.6) is 0 Å². The van der Waals surface area contributed by atoms with Crippen molar-refractivity contribution >= 4 is 43.6 Å². The first-order chi connectivity index (χ1) is 19.3. The number of thiophene rings is 1. The fourth-order valence-corrected chi connectivity index (χ4v) is 5.35. The summed E-state index contributed by atoms with van der Waals surface area (Å²) in [7, 11) is 0. The predicted molar refractivity (Wildman–Crippen MR) is 153 cm³/mol. The normalized spacial score (nSPS) is 12.3. The van der Waals surface area contributed by atoms with Gasteiger partial charge in [-0.2, -0.15) is 0 Å². The summed E-state index contributed by atoms with van der Waals surface area (Å²) in [5, 5.41) is 2.87. The molecule has 5 heterocycles. The van der Waals surface area contributed by atoms with E-state index in [0.29, 0.717) is 11.3 Å². The molecular formula is C32H24IrN3OS-. The van der Waals surface area contributed by atoms with E-state index >= 15 is 0 Å². The molecule has 4 nitrogen and oxygen atoms in total. The average molecular weight is 694 g/mol. The molecular weight excluding hydrogens is 667 g/mol. The van der Waals surface area contributed by atoms with Gasteiger partial charge in [-0.05, 0) is 68.4 Å². The second-order valence-corrected chi connectivity index (χ2v) is 9.86. The summed E-state index contributed by atoms with van der Waals surface area (Å²) in [6, 6.07) is 30.1. The van der Waals surface area contributed by atoms with Gasteiger partial charge in [0.05, 0.1) is 5.69 Å². The summed E-state index contributed by atoms with van der Waals surface area (Å²) in [5.74, 6) is 0. The van der Waals surface area contributed by atoms with Crippen molar-refractivity contribution in [3.63, 3.8) is 0 Å². The molecule has 6 heteroatoms. The molecule has 2 aromatic carbocycles. The molecule has 0 amide bonds. The van der Waals surface area contributed by atoms with Crippen LogP contribution in [0.3, 0.4) is 0 Å². The summed E-state index contributed by atoms with van der Waals surface area (Å²) in [5.41, 5.74) is 6.01. The molecule has 0 aliphatic rings. The number of furan rings is 1. The van der Waals surface area contributed by atoms with Crippen LogP contribution >= 0.6 is 11.3 Å². The van der Waals surface area contributed by atoms with Crippen LogP contribution in [0.2, 0.25) is 0 Å². The molecule has 0 fully saturated rings. The van der Waals surface area contributed by atoms with Crippen LogP contribution in [0.1, 0.15) is 20.2 Å². The van der Waals surface area contributed by atoms with Gasteiger partial charge < -0.3 is 9.40 Å². The van der Waals surface area contributed by atoms with E-state index in [1.807, 2.05) is 66.7 Å². The Balaban J connectivity index is 0.000000218. The van der Waals surface area contributed by atoms with Gasteiger partial charge in [0.25, 0.3) is 0 Å². The molecule has 5 aromatic heterocycles. The average Bonchev–Trinajstić information content (AvgIpc) is 3.49. The quantitative estimate of drug-likeness (QED) is 0.170. The molecule has 0 aliphatic heterocycles. The first-order valence-electron chi connectivity index (χ1n) is 13.4. The first-order valence-corrected chi connectivity index (χ1v) is 12.7. The van der Waals surface area contributed by atoms with E-state index in [1.165, 1.54) is 15.8 Å². The van der Waals surface area contributed by atoms with Crippen LogP contribution in [0, 0.1) is 26.8 Å². The molecule has 7 aromatic rings. The maximum atomic E-state index is 7.58. The Bertz CT molecular complexity index is 1930. The second-order valence-electron chi connectivity index (χ2n) is 8.66. The van der Waals surface area contributed by atoms with Gasteiger partial charge in [-0.3, -0.25) is 0 Å². The van der Waals surface area contributed by atoms with Crippen LogP contribution in [0.4, 0.5) is 0 Å². The Kier molecular flexibility index (Phi) is 6.43.